The fourth-order valence-electron chi connectivity index (χ4n) is 3.22. The molecular formula is C21H22N2O4. The Morgan fingerprint density at radius 1 is 1.30 bits per heavy atom. The molecule has 1 atom stereocenters. The van der Waals surface area contributed by atoms with Crippen molar-refractivity contribution in [3.63, 3.8) is 0 Å². The van der Waals surface area contributed by atoms with Gasteiger partial charge in [0.15, 0.2) is 0 Å². The van der Waals surface area contributed by atoms with E-state index in [1.54, 1.807) is 18.2 Å². The van der Waals surface area contributed by atoms with Crippen molar-refractivity contribution in [3.8, 4) is 5.75 Å². The van der Waals surface area contributed by atoms with Crippen molar-refractivity contribution in [2.24, 2.45) is 0 Å². The van der Waals surface area contributed by atoms with E-state index in [-0.39, 0.29) is 23.2 Å². The van der Waals surface area contributed by atoms with Gasteiger partial charge >= 0.3 is 0 Å². The standard InChI is InChI=1S/C21H22N2O4/c1-14-7-9-17-18(13-21(2,3)27-19(17)11-14)22-20(24)10-8-15-5-4-6-16(12-15)23(25)26/h4-12,18H,13H2,1-3H3,(H,22,24)/b10-8+. The van der Waals surface area contributed by atoms with Crippen LogP contribution in [0.2, 0.25) is 0 Å². The third-order valence-electron chi connectivity index (χ3n) is 4.45. The average Bonchev–Trinajstić information content (AvgIpc) is 2.58. The quantitative estimate of drug-likeness (QED) is 0.496. The van der Waals surface area contributed by atoms with Crippen LogP contribution >= 0.6 is 0 Å². The maximum Gasteiger partial charge on any atom is 0.270 e. The predicted molar refractivity (Wildman–Crippen MR) is 104 cm³/mol. The van der Waals surface area contributed by atoms with Crippen molar-refractivity contribution < 1.29 is 14.5 Å². The van der Waals surface area contributed by atoms with Gasteiger partial charge in [-0.15, -0.1) is 0 Å². The lowest BCUT2D eigenvalue weighted by molar-refractivity contribution is -0.384. The van der Waals surface area contributed by atoms with Crippen LogP contribution in [0.1, 0.15) is 43.0 Å². The van der Waals surface area contributed by atoms with Crippen molar-refractivity contribution in [1.82, 2.24) is 5.32 Å². The van der Waals surface area contributed by atoms with E-state index in [0.717, 1.165) is 16.9 Å². The molecule has 0 aliphatic carbocycles. The lowest BCUT2D eigenvalue weighted by Crippen LogP contribution is -2.40. The van der Waals surface area contributed by atoms with Crippen LogP contribution < -0.4 is 10.1 Å². The van der Waals surface area contributed by atoms with Crippen molar-refractivity contribution in [1.29, 1.82) is 0 Å². The van der Waals surface area contributed by atoms with Crippen molar-refractivity contribution in [2.45, 2.75) is 38.8 Å². The summed E-state index contributed by atoms with van der Waals surface area (Å²) in [5.74, 6) is 0.537. The number of hydrogen-bond donors (Lipinski definition) is 1. The number of nitro groups is 1. The van der Waals surface area contributed by atoms with Crippen LogP contribution in [0.25, 0.3) is 6.08 Å². The van der Waals surface area contributed by atoms with Gasteiger partial charge in [0.25, 0.3) is 5.69 Å². The highest BCUT2D eigenvalue weighted by Gasteiger charge is 2.34. The monoisotopic (exact) mass is 366 g/mol. The van der Waals surface area contributed by atoms with E-state index >= 15 is 0 Å². The van der Waals surface area contributed by atoms with E-state index in [4.69, 9.17) is 4.74 Å². The lowest BCUT2D eigenvalue weighted by atomic mass is 9.89. The van der Waals surface area contributed by atoms with Crippen LogP contribution in [0.5, 0.6) is 5.75 Å². The van der Waals surface area contributed by atoms with Crippen LogP contribution in [0.4, 0.5) is 5.69 Å². The second-order valence-corrected chi connectivity index (χ2v) is 7.35. The molecule has 1 unspecified atom stereocenters. The van der Waals surface area contributed by atoms with Gasteiger partial charge in [0, 0.05) is 30.2 Å². The number of non-ortho nitro benzene ring substituents is 1. The van der Waals surface area contributed by atoms with Crippen LogP contribution in [0.3, 0.4) is 0 Å². The highest BCUT2D eigenvalue weighted by atomic mass is 16.6. The molecule has 1 heterocycles. The number of aryl methyl sites for hydroxylation is 1. The number of rotatable bonds is 4. The molecule has 0 radical (unpaired) electrons. The van der Waals surface area contributed by atoms with Crippen LogP contribution in [0, 0.1) is 17.0 Å². The Balaban J connectivity index is 1.76. The summed E-state index contributed by atoms with van der Waals surface area (Å²) < 4.78 is 6.04. The molecule has 0 saturated carbocycles. The third-order valence-corrected chi connectivity index (χ3v) is 4.45. The first-order valence-electron chi connectivity index (χ1n) is 8.76. The van der Waals surface area contributed by atoms with E-state index in [2.05, 4.69) is 5.32 Å². The molecule has 0 aromatic heterocycles. The molecule has 1 amide bonds. The number of nitrogens with one attached hydrogen (secondary N) is 1. The summed E-state index contributed by atoms with van der Waals surface area (Å²) in [6, 6.07) is 12.0. The largest absolute Gasteiger partial charge is 0.487 e. The smallest absolute Gasteiger partial charge is 0.270 e. The van der Waals surface area contributed by atoms with E-state index in [1.165, 1.54) is 18.2 Å². The number of hydrogen-bond acceptors (Lipinski definition) is 4. The molecule has 1 N–H and O–H groups in total. The normalized spacial score (nSPS) is 17.8. The SMILES string of the molecule is Cc1ccc2c(c1)OC(C)(C)CC2NC(=O)/C=C/c1cccc([N+](=O)[O-])c1. The number of ether oxygens (including phenoxy) is 1. The van der Waals surface area contributed by atoms with E-state index in [0.29, 0.717) is 12.0 Å². The Morgan fingerprint density at radius 2 is 2.07 bits per heavy atom. The number of nitrogens with zero attached hydrogens (tertiary/aromatic N) is 1. The number of carbonyl (C=O) groups is 1. The zero-order valence-electron chi connectivity index (χ0n) is 15.6. The topological polar surface area (TPSA) is 81.5 Å². The summed E-state index contributed by atoms with van der Waals surface area (Å²) >= 11 is 0. The minimum atomic E-state index is -0.458. The van der Waals surface area contributed by atoms with Gasteiger partial charge in [-0.2, -0.15) is 0 Å². The predicted octanol–water partition coefficient (Wildman–Crippen LogP) is 4.34. The Bertz CT molecular complexity index is 918. The second-order valence-electron chi connectivity index (χ2n) is 7.35. The summed E-state index contributed by atoms with van der Waals surface area (Å²) in [4.78, 5) is 22.8. The fourth-order valence-corrected chi connectivity index (χ4v) is 3.22. The van der Waals surface area contributed by atoms with Crippen molar-refractivity contribution in [3.05, 3.63) is 75.3 Å². The van der Waals surface area contributed by atoms with E-state index in [1.807, 2.05) is 39.0 Å². The number of amides is 1. The molecule has 1 aliphatic heterocycles. The zero-order chi connectivity index (χ0) is 19.6. The van der Waals surface area contributed by atoms with Gasteiger partial charge in [-0.25, -0.2) is 0 Å². The molecule has 2 aromatic carbocycles. The fraction of sp³-hybridized carbons (Fsp3) is 0.286. The molecule has 6 nitrogen and oxygen atoms in total. The van der Waals surface area contributed by atoms with E-state index in [9.17, 15) is 14.9 Å². The third kappa shape index (κ3) is 4.53. The van der Waals surface area contributed by atoms with Gasteiger partial charge in [-0.05, 0) is 44.0 Å². The van der Waals surface area contributed by atoms with Gasteiger partial charge in [0.2, 0.25) is 5.91 Å². The summed E-state index contributed by atoms with van der Waals surface area (Å²) in [6.45, 7) is 5.99. The summed E-state index contributed by atoms with van der Waals surface area (Å²) in [5.41, 5.74) is 2.26. The van der Waals surface area contributed by atoms with Gasteiger partial charge in [-0.3, -0.25) is 14.9 Å². The molecule has 0 fully saturated rings. The summed E-state index contributed by atoms with van der Waals surface area (Å²) in [5, 5.41) is 13.9. The van der Waals surface area contributed by atoms with Crippen LogP contribution in [0.15, 0.2) is 48.5 Å². The molecular weight excluding hydrogens is 344 g/mol. The first kappa shape index (κ1) is 18.6. The van der Waals surface area contributed by atoms with E-state index < -0.39 is 4.92 Å². The van der Waals surface area contributed by atoms with Crippen LogP contribution in [-0.4, -0.2) is 16.4 Å². The second kappa shape index (κ2) is 7.23. The minimum absolute atomic E-state index is 0.00645. The lowest BCUT2D eigenvalue weighted by Gasteiger charge is -2.38. The summed E-state index contributed by atoms with van der Waals surface area (Å²) in [6.07, 6.45) is 3.62. The zero-order valence-corrected chi connectivity index (χ0v) is 15.6. The molecule has 1 aliphatic rings. The number of benzene rings is 2. The summed E-state index contributed by atoms with van der Waals surface area (Å²) in [7, 11) is 0. The Kier molecular flexibility index (Phi) is 4.99. The average molecular weight is 366 g/mol. The Labute approximate surface area is 158 Å². The number of carbonyl (C=O) groups excluding carboxylic acids is 1. The van der Waals surface area contributed by atoms with Gasteiger partial charge in [0.1, 0.15) is 11.4 Å². The number of nitro benzene ring substituents is 1. The molecule has 0 saturated heterocycles. The van der Waals surface area contributed by atoms with Gasteiger partial charge < -0.3 is 10.1 Å². The molecule has 0 bridgehead atoms. The Hall–Kier alpha value is -3.15. The van der Waals surface area contributed by atoms with Crippen molar-refractivity contribution in [2.75, 3.05) is 0 Å². The number of fused-ring (bicyclic) bond motifs is 1. The van der Waals surface area contributed by atoms with Crippen molar-refractivity contribution >= 4 is 17.7 Å². The first-order chi connectivity index (χ1) is 12.7. The highest BCUT2D eigenvalue weighted by molar-refractivity contribution is 5.92. The molecule has 6 heteroatoms. The molecule has 27 heavy (non-hydrogen) atoms. The molecule has 140 valence electrons. The van der Waals surface area contributed by atoms with Gasteiger partial charge in [-0.1, -0.05) is 24.3 Å². The molecule has 0 spiro atoms. The van der Waals surface area contributed by atoms with Crippen LogP contribution in [-0.2, 0) is 4.79 Å². The first-order valence-corrected chi connectivity index (χ1v) is 8.76. The minimum Gasteiger partial charge on any atom is -0.487 e. The Morgan fingerprint density at radius 3 is 2.81 bits per heavy atom. The maximum atomic E-state index is 12.4. The molecule has 3 rings (SSSR count). The highest BCUT2D eigenvalue weighted by Crippen LogP contribution is 2.39. The molecule has 2 aromatic rings. The maximum absolute atomic E-state index is 12.4. The van der Waals surface area contributed by atoms with Gasteiger partial charge in [0.05, 0.1) is 11.0 Å².